The lowest BCUT2D eigenvalue weighted by atomic mass is 10.2. The average Bonchev–Trinajstić information content (AvgIpc) is 2.31. The first-order chi connectivity index (χ1) is 9.01. The fraction of sp³-hybridized carbons (Fsp3) is 0.429. The predicted octanol–water partition coefficient (Wildman–Crippen LogP) is 2.96. The van der Waals surface area contributed by atoms with Crippen LogP contribution in [0.5, 0.6) is 0 Å². The number of urea groups is 1. The van der Waals surface area contributed by atoms with Gasteiger partial charge in [-0.3, -0.25) is 4.79 Å². The molecule has 0 heterocycles. The van der Waals surface area contributed by atoms with Crippen LogP contribution in [0.3, 0.4) is 0 Å². The minimum Gasteiger partial charge on any atom is -0.335 e. The average molecular weight is 263 g/mol. The molecule has 0 fully saturated rings. The zero-order valence-electron chi connectivity index (χ0n) is 11.6. The van der Waals surface area contributed by atoms with Gasteiger partial charge in [0.15, 0.2) is 0 Å². The largest absolute Gasteiger partial charge is 0.335 e. The van der Waals surface area contributed by atoms with Gasteiger partial charge in [0.2, 0.25) is 5.91 Å². The van der Waals surface area contributed by atoms with E-state index in [9.17, 15) is 9.59 Å². The van der Waals surface area contributed by atoms with E-state index in [-0.39, 0.29) is 18.0 Å². The van der Waals surface area contributed by atoms with E-state index < -0.39 is 0 Å². The Bertz CT molecular complexity index is 429. The molecule has 0 spiro atoms. The van der Waals surface area contributed by atoms with Crippen molar-refractivity contribution in [2.75, 3.05) is 10.6 Å². The van der Waals surface area contributed by atoms with Crippen LogP contribution >= 0.6 is 0 Å². The van der Waals surface area contributed by atoms with E-state index in [2.05, 4.69) is 22.9 Å². The molecule has 0 bridgehead atoms. The highest BCUT2D eigenvalue weighted by molar-refractivity contribution is 5.91. The van der Waals surface area contributed by atoms with Gasteiger partial charge in [0.25, 0.3) is 0 Å². The van der Waals surface area contributed by atoms with Gasteiger partial charge >= 0.3 is 6.03 Å². The van der Waals surface area contributed by atoms with E-state index in [1.807, 2.05) is 6.92 Å². The molecule has 104 valence electrons. The molecule has 19 heavy (non-hydrogen) atoms. The number of hydrogen-bond donors (Lipinski definition) is 3. The number of hydrogen-bond acceptors (Lipinski definition) is 2. The summed E-state index contributed by atoms with van der Waals surface area (Å²) in [5.41, 5.74) is 1.40. The lowest BCUT2D eigenvalue weighted by Crippen LogP contribution is -2.35. The van der Waals surface area contributed by atoms with Crippen LogP contribution in [0, 0.1) is 0 Å². The standard InChI is InChI=1S/C14H21N3O2/c1-4-5-10(2)15-14(19)17-13-8-6-12(7-9-13)16-11(3)18/h6-10H,4-5H2,1-3H3,(H,16,18)(H2,15,17,19)/t10-/m0/s1. The van der Waals surface area contributed by atoms with Gasteiger partial charge in [-0.25, -0.2) is 4.79 Å². The first-order valence-corrected chi connectivity index (χ1v) is 6.46. The SMILES string of the molecule is CCC[C@H](C)NC(=O)Nc1ccc(NC(C)=O)cc1. The molecule has 3 amide bonds. The number of carbonyl (C=O) groups is 2. The van der Waals surface area contributed by atoms with Gasteiger partial charge in [0.05, 0.1) is 0 Å². The third kappa shape index (κ3) is 5.90. The summed E-state index contributed by atoms with van der Waals surface area (Å²) in [4.78, 5) is 22.5. The lowest BCUT2D eigenvalue weighted by Gasteiger charge is -2.13. The van der Waals surface area contributed by atoms with E-state index >= 15 is 0 Å². The number of rotatable bonds is 5. The Balaban J connectivity index is 2.48. The Morgan fingerprint density at radius 3 is 2.11 bits per heavy atom. The fourth-order valence-electron chi connectivity index (χ4n) is 1.74. The Morgan fingerprint density at radius 1 is 1.11 bits per heavy atom. The molecule has 3 N–H and O–H groups in total. The summed E-state index contributed by atoms with van der Waals surface area (Å²) in [5, 5.41) is 8.27. The first kappa shape index (κ1) is 15.0. The number of carbonyl (C=O) groups excluding carboxylic acids is 2. The van der Waals surface area contributed by atoms with Crippen molar-refractivity contribution in [1.29, 1.82) is 0 Å². The van der Waals surface area contributed by atoms with Crippen molar-refractivity contribution < 1.29 is 9.59 Å². The topological polar surface area (TPSA) is 70.2 Å². The highest BCUT2D eigenvalue weighted by atomic mass is 16.2. The van der Waals surface area contributed by atoms with Crippen molar-refractivity contribution in [3.63, 3.8) is 0 Å². The molecule has 1 atom stereocenters. The van der Waals surface area contributed by atoms with E-state index in [1.54, 1.807) is 24.3 Å². The van der Waals surface area contributed by atoms with Crippen LogP contribution in [0.2, 0.25) is 0 Å². The monoisotopic (exact) mass is 263 g/mol. The maximum absolute atomic E-state index is 11.7. The molecule has 0 aliphatic heterocycles. The maximum Gasteiger partial charge on any atom is 0.319 e. The van der Waals surface area contributed by atoms with Crippen LogP contribution in [0.4, 0.5) is 16.2 Å². The van der Waals surface area contributed by atoms with Crippen molar-refractivity contribution in [1.82, 2.24) is 5.32 Å². The smallest absolute Gasteiger partial charge is 0.319 e. The van der Waals surface area contributed by atoms with Crippen LogP contribution in [-0.2, 0) is 4.79 Å². The number of nitrogens with one attached hydrogen (secondary N) is 3. The summed E-state index contributed by atoms with van der Waals surface area (Å²) in [6.45, 7) is 5.51. The predicted molar refractivity (Wildman–Crippen MR) is 77.3 cm³/mol. The van der Waals surface area contributed by atoms with Crippen LogP contribution in [0.1, 0.15) is 33.6 Å². The van der Waals surface area contributed by atoms with E-state index in [0.717, 1.165) is 12.8 Å². The fourth-order valence-corrected chi connectivity index (χ4v) is 1.74. The second-order valence-corrected chi connectivity index (χ2v) is 4.55. The second-order valence-electron chi connectivity index (χ2n) is 4.55. The molecular weight excluding hydrogens is 242 g/mol. The minimum atomic E-state index is -0.215. The van der Waals surface area contributed by atoms with Gasteiger partial charge in [-0.15, -0.1) is 0 Å². The molecule has 0 aliphatic rings. The number of anilines is 2. The van der Waals surface area contributed by atoms with E-state index in [4.69, 9.17) is 0 Å². The van der Waals surface area contributed by atoms with Gasteiger partial charge in [-0.1, -0.05) is 13.3 Å². The third-order valence-electron chi connectivity index (χ3n) is 2.56. The summed E-state index contributed by atoms with van der Waals surface area (Å²) in [7, 11) is 0. The molecule has 1 aromatic carbocycles. The molecule has 0 aliphatic carbocycles. The Hall–Kier alpha value is -2.04. The molecule has 0 radical (unpaired) electrons. The quantitative estimate of drug-likeness (QED) is 0.764. The van der Waals surface area contributed by atoms with Gasteiger partial charge in [-0.2, -0.15) is 0 Å². The molecule has 1 rings (SSSR count). The normalized spacial score (nSPS) is 11.5. The zero-order valence-corrected chi connectivity index (χ0v) is 11.6. The van der Waals surface area contributed by atoms with Gasteiger partial charge in [-0.05, 0) is 37.6 Å². The molecule has 0 aromatic heterocycles. The summed E-state index contributed by atoms with van der Waals surface area (Å²) in [5.74, 6) is -0.119. The Labute approximate surface area is 113 Å². The highest BCUT2D eigenvalue weighted by Gasteiger charge is 2.06. The van der Waals surface area contributed by atoms with Gasteiger partial charge in [0.1, 0.15) is 0 Å². The number of amides is 3. The molecule has 0 saturated carbocycles. The molecule has 5 nitrogen and oxygen atoms in total. The van der Waals surface area contributed by atoms with E-state index in [1.165, 1.54) is 6.92 Å². The molecule has 5 heteroatoms. The van der Waals surface area contributed by atoms with Gasteiger partial charge < -0.3 is 16.0 Å². The van der Waals surface area contributed by atoms with Crippen molar-refractivity contribution in [2.24, 2.45) is 0 Å². The molecular formula is C14H21N3O2. The number of benzene rings is 1. The summed E-state index contributed by atoms with van der Waals surface area (Å²) >= 11 is 0. The van der Waals surface area contributed by atoms with Crippen molar-refractivity contribution in [3.8, 4) is 0 Å². The highest BCUT2D eigenvalue weighted by Crippen LogP contribution is 2.13. The summed E-state index contributed by atoms with van der Waals surface area (Å²) < 4.78 is 0. The molecule has 1 aromatic rings. The molecule has 0 unspecified atom stereocenters. The van der Waals surface area contributed by atoms with Crippen molar-refractivity contribution >= 4 is 23.3 Å². The van der Waals surface area contributed by atoms with Crippen molar-refractivity contribution in [2.45, 2.75) is 39.7 Å². The lowest BCUT2D eigenvalue weighted by molar-refractivity contribution is -0.114. The Morgan fingerprint density at radius 2 is 1.63 bits per heavy atom. The third-order valence-corrected chi connectivity index (χ3v) is 2.56. The minimum absolute atomic E-state index is 0.119. The maximum atomic E-state index is 11.7. The van der Waals surface area contributed by atoms with Crippen LogP contribution in [0.15, 0.2) is 24.3 Å². The van der Waals surface area contributed by atoms with E-state index in [0.29, 0.717) is 11.4 Å². The summed E-state index contributed by atoms with van der Waals surface area (Å²) in [6, 6.07) is 6.92. The van der Waals surface area contributed by atoms with Crippen molar-refractivity contribution in [3.05, 3.63) is 24.3 Å². The second kappa shape index (κ2) is 7.41. The van der Waals surface area contributed by atoms with Gasteiger partial charge in [0, 0.05) is 24.3 Å². The first-order valence-electron chi connectivity index (χ1n) is 6.46. The molecule has 0 saturated heterocycles. The Kier molecular flexibility index (Phi) is 5.85. The van der Waals surface area contributed by atoms with Crippen LogP contribution in [-0.4, -0.2) is 18.0 Å². The van der Waals surface area contributed by atoms with Crippen LogP contribution < -0.4 is 16.0 Å². The summed E-state index contributed by atoms with van der Waals surface area (Å²) in [6.07, 6.45) is 1.99. The zero-order chi connectivity index (χ0) is 14.3. The van der Waals surface area contributed by atoms with Crippen LogP contribution in [0.25, 0.3) is 0 Å².